The number of carbonyl (C=O) groups excluding carboxylic acids is 4. The number of aliphatic hydroxyl groups excluding tert-OH is 2. The first kappa shape index (κ1) is 33.1. The minimum Gasteiger partial charge on any atom is -0.396 e. The first-order valence-corrected chi connectivity index (χ1v) is 10.3. The van der Waals surface area contributed by atoms with Gasteiger partial charge < -0.3 is 10.2 Å². The summed E-state index contributed by atoms with van der Waals surface area (Å²) in [5.74, 6) is 0. The zero-order valence-electron chi connectivity index (χ0n) is 18.7. The van der Waals surface area contributed by atoms with Crippen LogP contribution in [0.1, 0.15) is 65.2 Å². The van der Waals surface area contributed by atoms with Crippen LogP contribution < -0.4 is 0 Å². The van der Waals surface area contributed by atoms with Crippen LogP contribution in [0.2, 0.25) is 0 Å². The fourth-order valence-corrected chi connectivity index (χ4v) is 1.70. The number of rotatable bonds is 16. The van der Waals surface area contributed by atoms with E-state index in [9.17, 15) is 19.2 Å². The van der Waals surface area contributed by atoms with Crippen molar-refractivity contribution in [2.24, 2.45) is 25.4 Å². The molecule has 0 aromatic carbocycles. The van der Waals surface area contributed by atoms with Crippen LogP contribution in [0.4, 0.5) is 0 Å². The van der Waals surface area contributed by atoms with E-state index in [0.29, 0.717) is 26.2 Å². The van der Waals surface area contributed by atoms with Crippen molar-refractivity contribution < 1.29 is 29.4 Å². The third kappa shape index (κ3) is 38.6. The van der Waals surface area contributed by atoms with E-state index in [1.54, 1.807) is 13.8 Å². The average Bonchev–Trinajstić information content (AvgIpc) is 2.78. The molecule has 10 heteroatoms. The predicted molar refractivity (Wildman–Crippen MR) is 117 cm³/mol. The molecule has 0 saturated carbocycles. The molecule has 0 aliphatic heterocycles. The molecule has 10 nitrogen and oxygen atoms in total. The van der Waals surface area contributed by atoms with Gasteiger partial charge in [-0.15, -0.1) is 0 Å². The Balaban J connectivity index is -0.000000394. The van der Waals surface area contributed by atoms with Gasteiger partial charge in [0.1, 0.15) is 0 Å². The maximum atomic E-state index is 9.63. The van der Waals surface area contributed by atoms with Gasteiger partial charge in [-0.05, 0) is 25.7 Å². The summed E-state index contributed by atoms with van der Waals surface area (Å²) in [6, 6.07) is 0. The van der Waals surface area contributed by atoms with Crippen LogP contribution in [0.25, 0.3) is 0 Å². The van der Waals surface area contributed by atoms with Gasteiger partial charge >= 0.3 is 0 Å². The van der Waals surface area contributed by atoms with Crippen LogP contribution in [0.5, 0.6) is 0 Å². The Hall–Kier alpha value is -2.56. The first-order chi connectivity index (χ1) is 14.9. The van der Waals surface area contributed by atoms with E-state index in [-0.39, 0.29) is 18.6 Å². The second-order valence-corrected chi connectivity index (χ2v) is 7.20. The highest BCUT2D eigenvalue weighted by Gasteiger charge is 2.13. The normalized spacial score (nSPS) is 9.16. The second-order valence-electron chi connectivity index (χ2n) is 7.20. The topological polar surface area (TPSA) is 158 Å². The SMILES string of the molecule is CC(C)(CO)CO.O=C=NCCCCCCN=C=O.O=C=NCCCCCCN=C=O. The van der Waals surface area contributed by atoms with Crippen molar-refractivity contribution in [3.05, 3.63) is 0 Å². The summed E-state index contributed by atoms with van der Waals surface area (Å²) >= 11 is 0. The molecule has 0 fully saturated rings. The van der Waals surface area contributed by atoms with Gasteiger partial charge in [0.25, 0.3) is 0 Å². The van der Waals surface area contributed by atoms with Crippen molar-refractivity contribution in [1.29, 1.82) is 0 Å². The summed E-state index contributed by atoms with van der Waals surface area (Å²) in [5.41, 5.74) is -0.306. The summed E-state index contributed by atoms with van der Waals surface area (Å²) < 4.78 is 0. The minimum atomic E-state index is -0.306. The Morgan fingerprint density at radius 2 is 0.742 bits per heavy atom. The molecule has 2 N–H and O–H groups in total. The Morgan fingerprint density at radius 1 is 0.516 bits per heavy atom. The molecular weight excluding hydrogens is 404 g/mol. The molecule has 0 heterocycles. The maximum absolute atomic E-state index is 9.63. The molecule has 0 amide bonds. The number of aliphatic hydroxyl groups is 2. The molecule has 0 aliphatic rings. The third-order valence-corrected chi connectivity index (χ3v) is 3.69. The molecule has 176 valence electrons. The molecular formula is C21H36N4O6. The summed E-state index contributed by atoms with van der Waals surface area (Å²) in [6.07, 6.45) is 13.6. The lowest BCUT2D eigenvalue weighted by Gasteiger charge is -2.16. The molecule has 0 aliphatic carbocycles. The lowest BCUT2D eigenvalue weighted by Crippen LogP contribution is -2.20. The summed E-state index contributed by atoms with van der Waals surface area (Å²) in [4.78, 5) is 52.2. The van der Waals surface area contributed by atoms with Crippen LogP contribution in [-0.2, 0) is 19.2 Å². The monoisotopic (exact) mass is 440 g/mol. The predicted octanol–water partition coefficient (Wildman–Crippen LogP) is 2.43. The van der Waals surface area contributed by atoms with Gasteiger partial charge in [0, 0.05) is 5.41 Å². The van der Waals surface area contributed by atoms with E-state index < -0.39 is 0 Å². The van der Waals surface area contributed by atoms with Gasteiger partial charge in [-0.2, -0.15) is 0 Å². The van der Waals surface area contributed by atoms with Crippen molar-refractivity contribution in [2.75, 3.05) is 39.4 Å². The van der Waals surface area contributed by atoms with Crippen LogP contribution in [0.3, 0.4) is 0 Å². The number of unbranched alkanes of at least 4 members (excludes halogenated alkanes) is 6. The number of hydrogen-bond donors (Lipinski definition) is 2. The average molecular weight is 441 g/mol. The molecule has 0 aromatic rings. The summed E-state index contributed by atoms with van der Waals surface area (Å²) in [7, 11) is 0. The molecule has 0 saturated heterocycles. The Labute approximate surface area is 184 Å². The van der Waals surface area contributed by atoms with Gasteiger partial charge in [-0.25, -0.2) is 39.1 Å². The summed E-state index contributed by atoms with van der Waals surface area (Å²) in [5, 5.41) is 16.9. The smallest absolute Gasteiger partial charge is 0.234 e. The van der Waals surface area contributed by atoms with Gasteiger partial charge in [0.05, 0.1) is 39.4 Å². The molecule has 0 aromatic heterocycles. The maximum Gasteiger partial charge on any atom is 0.234 e. The van der Waals surface area contributed by atoms with E-state index in [1.807, 2.05) is 0 Å². The van der Waals surface area contributed by atoms with Crippen LogP contribution >= 0.6 is 0 Å². The minimum absolute atomic E-state index is 0.0451. The fourth-order valence-electron chi connectivity index (χ4n) is 1.70. The zero-order valence-corrected chi connectivity index (χ0v) is 18.7. The van der Waals surface area contributed by atoms with Crippen LogP contribution in [0.15, 0.2) is 20.0 Å². The number of nitrogens with zero attached hydrogens (tertiary/aromatic N) is 4. The van der Waals surface area contributed by atoms with Gasteiger partial charge in [-0.3, -0.25) is 0 Å². The Bertz CT molecular complexity index is 493. The molecule has 0 bridgehead atoms. The third-order valence-electron chi connectivity index (χ3n) is 3.69. The molecule has 0 atom stereocenters. The highest BCUT2D eigenvalue weighted by Crippen LogP contribution is 2.10. The lowest BCUT2D eigenvalue weighted by atomic mass is 9.97. The molecule has 31 heavy (non-hydrogen) atoms. The lowest BCUT2D eigenvalue weighted by molar-refractivity contribution is 0.0857. The van der Waals surface area contributed by atoms with Crippen LogP contribution in [0, 0.1) is 5.41 Å². The molecule has 0 radical (unpaired) electrons. The van der Waals surface area contributed by atoms with Crippen molar-refractivity contribution in [1.82, 2.24) is 0 Å². The standard InChI is InChI=1S/2C8H12N2O2.C5H12O2/c2*11-7-9-5-3-1-2-4-6-10-8-12;1-5(2,3-6)4-7/h2*1-6H2;6-7H,3-4H2,1-2H3. The fraction of sp³-hybridized carbons (Fsp3) is 0.810. The number of aliphatic imine (C=N–C) groups is 4. The van der Waals surface area contributed by atoms with Crippen molar-refractivity contribution in [3.8, 4) is 0 Å². The van der Waals surface area contributed by atoms with Gasteiger partial charge in [0.15, 0.2) is 0 Å². The summed E-state index contributed by atoms with van der Waals surface area (Å²) in [6.45, 7) is 5.91. The molecule has 0 spiro atoms. The van der Waals surface area contributed by atoms with Crippen molar-refractivity contribution in [3.63, 3.8) is 0 Å². The molecule has 0 unspecified atom stereocenters. The van der Waals surface area contributed by atoms with Crippen LogP contribution in [-0.4, -0.2) is 73.9 Å². The molecule has 0 rings (SSSR count). The first-order valence-electron chi connectivity index (χ1n) is 10.3. The van der Waals surface area contributed by atoms with Crippen molar-refractivity contribution >= 4 is 24.3 Å². The van der Waals surface area contributed by atoms with Gasteiger partial charge in [-0.1, -0.05) is 39.5 Å². The zero-order chi connectivity index (χ0) is 24.1. The Morgan fingerprint density at radius 3 is 0.871 bits per heavy atom. The largest absolute Gasteiger partial charge is 0.396 e. The van der Waals surface area contributed by atoms with E-state index in [2.05, 4.69) is 20.0 Å². The highest BCUT2D eigenvalue weighted by molar-refractivity contribution is 5.33. The van der Waals surface area contributed by atoms with Crippen molar-refractivity contribution in [2.45, 2.75) is 65.2 Å². The van der Waals surface area contributed by atoms with E-state index in [1.165, 1.54) is 24.3 Å². The Kier molecular flexibility index (Phi) is 31.6. The van der Waals surface area contributed by atoms with Gasteiger partial charge in [0.2, 0.25) is 24.3 Å². The second kappa shape index (κ2) is 29.6. The number of hydrogen-bond acceptors (Lipinski definition) is 10. The number of isocyanates is 4. The highest BCUT2D eigenvalue weighted by atomic mass is 16.3. The van der Waals surface area contributed by atoms with E-state index >= 15 is 0 Å². The quantitative estimate of drug-likeness (QED) is 0.213. The van der Waals surface area contributed by atoms with E-state index in [0.717, 1.165) is 51.4 Å². The van der Waals surface area contributed by atoms with E-state index in [4.69, 9.17) is 10.2 Å².